The highest BCUT2D eigenvalue weighted by molar-refractivity contribution is 8.01. The standard InChI is InChI=1S/C11H12O4S2/c12-11(13)9-3-1-2-4-10(9)16-8-5-6-17(14,15)7-8/h1-4,8H,5-7H2,(H,12,13)/t8-/m0/s1. The lowest BCUT2D eigenvalue weighted by atomic mass is 10.2. The Morgan fingerprint density at radius 3 is 2.65 bits per heavy atom. The lowest BCUT2D eigenvalue weighted by Gasteiger charge is -2.09. The van der Waals surface area contributed by atoms with Crippen LogP contribution in [0.2, 0.25) is 0 Å². The van der Waals surface area contributed by atoms with Crippen LogP contribution in [-0.2, 0) is 9.84 Å². The molecular weight excluding hydrogens is 260 g/mol. The van der Waals surface area contributed by atoms with Crippen molar-refractivity contribution in [2.75, 3.05) is 11.5 Å². The van der Waals surface area contributed by atoms with E-state index in [1.54, 1.807) is 18.2 Å². The van der Waals surface area contributed by atoms with Gasteiger partial charge in [0.05, 0.1) is 17.1 Å². The Morgan fingerprint density at radius 2 is 2.06 bits per heavy atom. The number of aromatic carboxylic acids is 1. The van der Waals surface area contributed by atoms with E-state index >= 15 is 0 Å². The number of carbonyl (C=O) groups is 1. The molecule has 6 heteroatoms. The van der Waals surface area contributed by atoms with Crippen LogP contribution in [0.3, 0.4) is 0 Å². The topological polar surface area (TPSA) is 71.4 Å². The van der Waals surface area contributed by atoms with E-state index in [4.69, 9.17) is 5.11 Å². The van der Waals surface area contributed by atoms with Gasteiger partial charge in [-0.2, -0.15) is 0 Å². The second-order valence-corrected chi connectivity index (χ2v) is 7.52. The van der Waals surface area contributed by atoms with Crippen LogP contribution >= 0.6 is 11.8 Å². The van der Waals surface area contributed by atoms with Crippen LogP contribution < -0.4 is 0 Å². The highest BCUT2D eigenvalue weighted by Crippen LogP contribution is 2.32. The normalized spacial score (nSPS) is 22.5. The van der Waals surface area contributed by atoms with Gasteiger partial charge >= 0.3 is 5.97 Å². The molecule has 1 aliphatic rings. The van der Waals surface area contributed by atoms with Gasteiger partial charge in [0.25, 0.3) is 0 Å². The number of benzene rings is 1. The average Bonchev–Trinajstić information content (AvgIpc) is 2.58. The molecule has 0 radical (unpaired) electrons. The molecule has 0 bridgehead atoms. The number of rotatable bonds is 3. The minimum Gasteiger partial charge on any atom is -0.478 e. The molecule has 1 aromatic rings. The lowest BCUT2D eigenvalue weighted by molar-refractivity contribution is 0.0693. The summed E-state index contributed by atoms with van der Waals surface area (Å²) in [7, 11) is -2.92. The third-order valence-electron chi connectivity index (χ3n) is 2.60. The summed E-state index contributed by atoms with van der Waals surface area (Å²) in [4.78, 5) is 11.6. The summed E-state index contributed by atoms with van der Waals surface area (Å²) >= 11 is 1.35. The molecule has 0 aliphatic carbocycles. The van der Waals surface area contributed by atoms with Gasteiger partial charge in [0.1, 0.15) is 0 Å². The highest BCUT2D eigenvalue weighted by Gasteiger charge is 2.29. The zero-order valence-corrected chi connectivity index (χ0v) is 10.6. The summed E-state index contributed by atoms with van der Waals surface area (Å²) in [5, 5.41) is 8.98. The maximum atomic E-state index is 11.3. The Bertz CT molecular complexity index is 536. The van der Waals surface area contributed by atoms with Gasteiger partial charge < -0.3 is 5.11 Å². The molecule has 0 saturated carbocycles. The zero-order valence-electron chi connectivity index (χ0n) is 9.00. The Labute approximate surface area is 104 Å². The largest absolute Gasteiger partial charge is 0.478 e. The number of carboxylic acid groups (broad SMARTS) is 1. The molecule has 0 aromatic heterocycles. The molecule has 1 heterocycles. The second-order valence-electron chi connectivity index (χ2n) is 3.94. The summed E-state index contributed by atoms with van der Waals surface area (Å²) < 4.78 is 22.6. The second kappa shape index (κ2) is 4.70. The Balaban J connectivity index is 2.17. The molecule has 1 aliphatic heterocycles. The first kappa shape index (κ1) is 12.4. The molecule has 92 valence electrons. The molecule has 1 N–H and O–H groups in total. The lowest BCUT2D eigenvalue weighted by Crippen LogP contribution is -2.07. The van der Waals surface area contributed by atoms with Crippen LogP contribution in [0.1, 0.15) is 16.8 Å². The summed E-state index contributed by atoms with van der Waals surface area (Å²) in [5.74, 6) is -0.625. The first-order valence-electron chi connectivity index (χ1n) is 5.17. The maximum Gasteiger partial charge on any atom is 0.336 e. The molecule has 4 nitrogen and oxygen atoms in total. The van der Waals surface area contributed by atoms with E-state index in [1.165, 1.54) is 17.8 Å². The van der Waals surface area contributed by atoms with Crippen LogP contribution in [0.25, 0.3) is 0 Å². The number of carboxylic acids is 1. The van der Waals surface area contributed by atoms with Gasteiger partial charge in [-0.3, -0.25) is 0 Å². The van der Waals surface area contributed by atoms with Crippen molar-refractivity contribution in [3.8, 4) is 0 Å². The molecule has 17 heavy (non-hydrogen) atoms. The SMILES string of the molecule is O=C(O)c1ccccc1S[C@H]1CCS(=O)(=O)C1. The van der Waals surface area contributed by atoms with E-state index < -0.39 is 15.8 Å². The highest BCUT2D eigenvalue weighted by atomic mass is 32.2. The van der Waals surface area contributed by atoms with Gasteiger partial charge in [-0.15, -0.1) is 11.8 Å². The van der Waals surface area contributed by atoms with Crippen molar-refractivity contribution in [3.05, 3.63) is 29.8 Å². The first-order chi connectivity index (χ1) is 7.98. The van der Waals surface area contributed by atoms with E-state index in [0.717, 1.165) is 0 Å². The molecular formula is C11H12O4S2. The van der Waals surface area contributed by atoms with E-state index in [0.29, 0.717) is 11.3 Å². The number of thioether (sulfide) groups is 1. The minimum atomic E-state index is -2.92. The van der Waals surface area contributed by atoms with Crippen molar-refractivity contribution in [1.82, 2.24) is 0 Å². The molecule has 1 saturated heterocycles. The fourth-order valence-electron chi connectivity index (χ4n) is 1.78. The molecule has 0 spiro atoms. The Kier molecular flexibility index (Phi) is 3.44. The third-order valence-corrected chi connectivity index (χ3v) is 5.93. The van der Waals surface area contributed by atoms with Gasteiger partial charge in [0.15, 0.2) is 9.84 Å². The molecule has 1 aromatic carbocycles. The van der Waals surface area contributed by atoms with Gasteiger partial charge in [-0.25, -0.2) is 13.2 Å². The molecule has 0 amide bonds. The Morgan fingerprint density at radius 1 is 1.35 bits per heavy atom. The van der Waals surface area contributed by atoms with Crippen molar-refractivity contribution in [3.63, 3.8) is 0 Å². The van der Waals surface area contributed by atoms with Crippen LogP contribution in [0, 0.1) is 0 Å². The predicted molar refractivity (Wildman–Crippen MR) is 66.3 cm³/mol. The van der Waals surface area contributed by atoms with Gasteiger partial charge in [-0.1, -0.05) is 12.1 Å². The van der Waals surface area contributed by atoms with Crippen LogP contribution in [0.15, 0.2) is 29.2 Å². The summed E-state index contributed by atoms with van der Waals surface area (Å²) in [6.07, 6.45) is 0.598. The molecule has 1 atom stereocenters. The number of hydrogen-bond acceptors (Lipinski definition) is 4. The van der Waals surface area contributed by atoms with Crippen LogP contribution in [-0.4, -0.2) is 36.2 Å². The van der Waals surface area contributed by atoms with E-state index in [1.807, 2.05) is 0 Å². The van der Waals surface area contributed by atoms with Crippen molar-refractivity contribution in [1.29, 1.82) is 0 Å². The smallest absolute Gasteiger partial charge is 0.336 e. The van der Waals surface area contributed by atoms with Crippen LogP contribution in [0.5, 0.6) is 0 Å². The fraction of sp³-hybridized carbons (Fsp3) is 0.364. The van der Waals surface area contributed by atoms with E-state index in [9.17, 15) is 13.2 Å². The van der Waals surface area contributed by atoms with Gasteiger partial charge in [0.2, 0.25) is 0 Å². The summed E-state index contributed by atoms with van der Waals surface area (Å²) in [5.41, 5.74) is 0.238. The predicted octanol–water partition coefficient (Wildman–Crippen LogP) is 1.66. The van der Waals surface area contributed by atoms with Crippen LogP contribution in [0.4, 0.5) is 0 Å². The van der Waals surface area contributed by atoms with Gasteiger partial charge in [0, 0.05) is 10.1 Å². The summed E-state index contributed by atoms with van der Waals surface area (Å²) in [6.45, 7) is 0. The van der Waals surface area contributed by atoms with Crippen molar-refractivity contribution >= 4 is 27.6 Å². The number of sulfone groups is 1. The fourth-order valence-corrected chi connectivity index (χ4v) is 5.40. The number of hydrogen-bond donors (Lipinski definition) is 1. The quantitative estimate of drug-likeness (QED) is 0.906. The van der Waals surface area contributed by atoms with Crippen molar-refractivity contribution in [2.24, 2.45) is 0 Å². The summed E-state index contributed by atoms with van der Waals surface area (Å²) in [6, 6.07) is 6.68. The monoisotopic (exact) mass is 272 g/mol. The average molecular weight is 272 g/mol. The van der Waals surface area contributed by atoms with Crippen molar-refractivity contribution in [2.45, 2.75) is 16.6 Å². The molecule has 0 unspecified atom stereocenters. The third kappa shape index (κ3) is 3.01. The molecule has 2 rings (SSSR count). The van der Waals surface area contributed by atoms with E-state index in [2.05, 4.69) is 0 Å². The zero-order chi connectivity index (χ0) is 12.5. The van der Waals surface area contributed by atoms with Crippen molar-refractivity contribution < 1.29 is 18.3 Å². The first-order valence-corrected chi connectivity index (χ1v) is 7.87. The Hall–Kier alpha value is -1.01. The van der Waals surface area contributed by atoms with E-state index in [-0.39, 0.29) is 22.3 Å². The van der Waals surface area contributed by atoms with Gasteiger partial charge in [-0.05, 0) is 18.6 Å². The minimum absolute atomic E-state index is 0.0273. The maximum absolute atomic E-state index is 11.3. The molecule has 1 fully saturated rings.